The zero-order valence-corrected chi connectivity index (χ0v) is 16.5. The molecule has 6 N–H and O–H groups in total. The predicted octanol–water partition coefficient (Wildman–Crippen LogP) is 2.47. The summed E-state index contributed by atoms with van der Waals surface area (Å²) in [5.41, 5.74) is 7.27. The average Bonchev–Trinajstić information content (AvgIpc) is 3.05. The third-order valence-electron chi connectivity index (χ3n) is 5.01. The number of rotatable bonds is 5. The molecule has 0 fully saturated rings. The summed E-state index contributed by atoms with van der Waals surface area (Å²) in [7, 11) is -3.95. The van der Waals surface area contributed by atoms with Gasteiger partial charge in [0.05, 0.1) is 4.90 Å². The molecule has 4 aromatic rings. The van der Waals surface area contributed by atoms with Gasteiger partial charge in [-0.3, -0.25) is 5.41 Å². The van der Waals surface area contributed by atoms with Gasteiger partial charge in [0.15, 0.2) is 0 Å². The van der Waals surface area contributed by atoms with E-state index >= 15 is 0 Å². The Balaban J connectivity index is 1.99. The summed E-state index contributed by atoms with van der Waals surface area (Å²) < 4.78 is 25.5. The SMILES string of the molecule is N=C(N)c1ccc2cc(C(=O)O)n(Cc3cc(S(N)(=O)=O)cc4ccccc34)c2c1. The number of carboxylic acid groups (broad SMARTS) is 1. The highest BCUT2D eigenvalue weighted by Crippen LogP contribution is 2.28. The molecule has 0 saturated carbocycles. The van der Waals surface area contributed by atoms with E-state index in [0.717, 1.165) is 5.39 Å². The second-order valence-corrected chi connectivity index (χ2v) is 8.52. The first-order valence-corrected chi connectivity index (χ1v) is 10.5. The number of nitrogens with two attached hydrogens (primary N) is 2. The molecule has 0 saturated heterocycles. The van der Waals surface area contributed by atoms with Crippen LogP contribution in [0.1, 0.15) is 21.6 Å². The molecule has 0 bridgehead atoms. The summed E-state index contributed by atoms with van der Waals surface area (Å²) in [6, 6.07) is 16.7. The summed E-state index contributed by atoms with van der Waals surface area (Å²) in [5.74, 6) is -1.26. The molecular formula is C21H18N4O4S. The number of hydrogen-bond acceptors (Lipinski definition) is 4. The highest BCUT2D eigenvalue weighted by molar-refractivity contribution is 7.89. The second kappa shape index (κ2) is 6.97. The van der Waals surface area contributed by atoms with Crippen LogP contribution in [0, 0.1) is 5.41 Å². The quantitative estimate of drug-likeness (QED) is 0.287. The lowest BCUT2D eigenvalue weighted by Gasteiger charge is -2.13. The van der Waals surface area contributed by atoms with E-state index in [4.69, 9.17) is 16.3 Å². The summed E-state index contributed by atoms with van der Waals surface area (Å²) in [6.45, 7) is 0.0936. The van der Waals surface area contributed by atoms with Crippen molar-refractivity contribution in [1.29, 1.82) is 5.41 Å². The fraction of sp³-hybridized carbons (Fsp3) is 0.0476. The molecule has 1 heterocycles. The van der Waals surface area contributed by atoms with Gasteiger partial charge in [-0.1, -0.05) is 36.4 Å². The minimum Gasteiger partial charge on any atom is -0.477 e. The Labute approximate surface area is 171 Å². The lowest BCUT2D eigenvalue weighted by molar-refractivity contribution is 0.0686. The molecule has 3 aromatic carbocycles. The van der Waals surface area contributed by atoms with E-state index in [1.807, 2.05) is 12.1 Å². The van der Waals surface area contributed by atoms with Gasteiger partial charge in [-0.05, 0) is 40.6 Å². The van der Waals surface area contributed by atoms with Crippen molar-refractivity contribution in [3.63, 3.8) is 0 Å². The fourth-order valence-electron chi connectivity index (χ4n) is 3.59. The van der Waals surface area contributed by atoms with Crippen LogP contribution in [0.15, 0.2) is 65.6 Å². The normalized spacial score (nSPS) is 11.8. The molecule has 0 radical (unpaired) electrons. The molecule has 0 unspecified atom stereocenters. The number of primary sulfonamides is 1. The molecular weight excluding hydrogens is 404 g/mol. The number of hydrogen-bond donors (Lipinski definition) is 4. The van der Waals surface area contributed by atoms with Gasteiger partial charge in [0.1, 0.15) is 11.5 Å². The molecule has 4 rings (SSSR count). The molecule has 0 aliphatic heterocycles. The van der Waals surface area contributed by atoms with Crippen LogP contribution in [-0.4, -0.2) is 29.9 Å². The smallest absolute Gasteiger partial charge is 0.352 e. The average molecular weight is 422 g/mol. The van der Waals surface area contributed by atoms with Crippen LogP contribution in [0.2, 0.25) is 0 Å². The number of nitrogens with zero attached hydrogens (tertiary/aromatic N) is 1. The lowest BCUT2D eigenvalue weighted by atomic mass is 10.0. The summed E-state index contributed by atoms with van der Waals surface area (Å²) in [6.07, 6.45) is 0. The molecule has 0 aliphatic carbocycles. The van der Waals surface area contributed by atoms with Crippen LogP contribution in [0.5, 0.6) is 0 Å². The molecule has 30 heavy (non-hydrogen) atoms. The summed E-state index contributed by atoms with van der Waals surface area (Å²) in [5, 5.41) is 24.9. The Morgan fingerprint density at radius 1 is 1.03 bits per heavy atom. The molecule has 0 atom stereocenters. The maximum atomic E-state index is 12.0. The minimum atomic E-state index is -3.95. The first kappa shape index (κ1) is 19.6. The Morgan fingerprint density at radius 3 is 2.43 bits per heavy atom. The third kappa shape index (κ3) is 3.40. The van der Waals surface area contributed by atoms with Gasteiger partial charge in [-0.15, -0.1) is 0 Å². The number of benzene rings is 3. The number of carboxylic acids is 1. The van der Waals surface area contributed by atoms with Crippen molar-refractivity contribution >= 4 is 43.5 Å². The first-order chi connectivity index (χ1) is 14.1. The van der Waals surface area contributed by atoms with Crippen molar-refractivity contribution in [2.75, 3.05) is 0 Å². The van der Waals surface area contributed by atoms with Gasteiger partial charge in [-0.2, -0.15) is 0 Å². The number of aromatic carboxylic acids is 1. The fourth-order valence-corrected chi connectivity index (χ4v) is 4.19. The molecule has 0 spiro atoms. The maximum absolute atomic E-state index is 12.0. The maximum Gasteiger partial charge on any atom is 0.352 e. The van der Waals surface area contributed by atoms with E-state index < -0.39 is 16.0 Å². The van der Waals surface area contributed by atoms with E-state index in [2.05, 4.69) is 0 Å². The predicted molar refractivity (Wildman–Crippen MR) is 114 cm³/mol. The van der Waals surface area contributed by atoms with Crippen LogP contribution in [0.3, 0.4) is 0 Å². The monoisotopic (exact) mass is 422 g/mol. The standard InChI is InChI=1S/C21H18N4O4S/c22-20(23)14-6-5-13-9-19(21(26)27)25(18(13)10-14)11-15-8-16(30(24,28)29)7-12-3-1-2-4-17(12)15/h1-10H,11H2,(H3,22,23)(H,26,27)(H2,24,28,29). The molecule has 0 aliphatic rings. The topological polar surface area (TPSA) is 152 Å². The van der Waals surface area contributed by atoms with Crippen LogP contribution < -0.4 is 10.9 Å². The first-order valence-electron chi connectivity index (χ1n) is 8.90. The zero-order chi connectivity index (χ0) is 21.6. The van der Waals surface area contributed by atoms with Crippen LogP contribution >= 0.6 is 0 Å². The van der Waals surface area contributed by atoms with E-state index in [9.17, 15) is 18.3 Å². The van der Waals surface area contributed by atoms with Crippen LogP contribution in [0.4, 0.5) is 0 Å². The van der Waals surface area contributed by atoms with E-state index in [1.165, 1.54) is 18.2 Å². The highest BCUT2D eigenvalue weighted by Gasteiger charge is 2.18. The highest BCUT2D eigenvalue weighted by atomic mass is 32.2. The van der Waals surface area contributed by atoms with Crippen LogP contribution in [-0.2, 0) is 16.6 Å². The van der Waals surface area contributed by atoms with E-state index in [-0.39, 0.29) is 23.0 Å². The van der Waals surface area contributed by atoms with E-state index in [0.29, 0.717) is 27.4 Å². The number of amidine groups is 1. The van der Waals surface area contributed by atoms with Crippen molar-refractivity contribution in [1.82, 2.24) is 4.57 Å². The largest absolute Gasteiger partial charge is 0.477 e. The van der Waals surface area contributed by atoms with Crippen molar-refractivity contribution in [3.8, 4) is 0 Å². The zero-order valence-electron chi connectivity index (χ0n) is 15.7. The number of nitrogens with one attached hydrogen (secondary N) is 1. The Bertz CT molecular complexity index is 1450. The lowest BCUT2D eigenvalue weighted by Crippen LogP contribution is -2.14. The Kier molecular flexibility index (Phi) is 4.56. The van der Waals surface area contributed by atoms with Crippen molar-refractivity contribution in [3.05, 3.63) is 77.5 Å². The molecule has 1 aromatic heterocycles. The summed E-state index contributed by atoms with van der Waals surface area (Å²) in [4.78, 5) is 11.8. The van der Waals surface area contributed by atoms with Gasteiger partial charge < -0.3 is 15.4 Å². The van der Waals surface area contributed by atoms with Crippen molar-refractivity contribution in [2.45, 2.75) is 11.4 Å². The third-order valence-corrected chi connectivity index (χ3v) is 5.91. The minimum absolute atomic E-state index is 0.0378. The second-order valence-electron chi connectivity index (χ2n) is 6.96. The Morgan fingerprint density at radius 2 is 1.77 bits per heavy atom. The Hall–Kier alpha value is -3.69. The van der Waals surface area contributed by atoms with Gasteiger partial charge in [0, 0.05) is 23.0 Å². The molecule has 9 heteroatoms. The van der Waals surface area contributed by atoms with E-state index in [1.54, 1.807) is 34.9 Å². The number of sulfonamides is 1. The van der Waals surface area contributed by atoms with Crippen LogP contribution in [0.25, 0.3) is 21.7 Å². The van der Waals surface area contributed by atoms with Crippen molar-refractivity contribution in [2.24, 2.45) is 10.9 Å². The van der Waals surface area contributed by atoms with Gasteiger partial charge in [-0.25, -0.2) is 18.4 Å². The molecule has 0 amide bonds. The van der Waals surface area contributed by atoms with Crippen molar-refractivity contribution < 1.29 is 18.3 Å². The van der Waals surface area contributed by atoms with Gasteiger partial charge >= 0.3 is 5.97 Å². The number of carbonyl (C=O) groups is 1. The number of aromatic nitrogens is 1. The number of nitrogen functional groups attached to an aromatic ring is 1. The summed E-state index contributed by atoms with van der Waals surface area (Å²) >= 11 is 0. The van der Waals surface area contributed by atoms with Gasteiger partial charge in [0.2, 0.25) is 10.0 Å². The van der Waals surface area contributed by atoms with Gasteiger partial charge in [0.25, 0.3) is 0 Å². The number of fused-ring (bicyclic) bond motifs is 2. The molecule has 8 nitrogen and oxygen atoms in total. The molecule has 152 valence electrons.